The van der Waals surface area contributed by atoms with Crippen molar-refractivity contribution in [3.8, 4) is 11.6 Å². The van der Waals surface area contributed by atoms with Crippen LogP contribution in [0.3, 0.4) is 0 Å². The van der Waals surface area contributed by atoms with Gasteiger partial charge in [-0.15, -0.1) is 0 Å². The Labute approximate surface area is 264 Å². The third-order valence-electron chi connectivity index (χ3n) is 7.36. The van der Waals surface area contributed by atoms with E-state index in [1.165, 1.54) is 13.2 Å². The summed E-state index contributed by atoms with van der Waals surface area (Å²) in [5, 5.41) is 20.7. The van der Waals surface area contributed by atoms with Crippen LogP contribution in [0.1, 0.15) is 45.3 Å². The first kappa shape index (κ1) is 31.7. The third-order valence-corrected chi connectivity index (χ3v) is 7.36. The molecule has 0 bridgehead atoms. The molecule has 2 heterocycles. The molecule has 0 aliphatic heterocycles. The molecule has 46 heavy (non-hydrogen) atoms. The summed E-state index contributed by atoms with van der Waals surface area (Å²) < 4.78 is 10.7. The van der Waals surface area contributed by atoms with Gasteiger partial charge in [0.25, 0.3) is 11.8 Å². The predicted molar refractivity (Wildman–Crippen MR) is 176 cm³/mol. The number of para-hydroxylation sites is 2. The number of methoxy groups -OCH3 is 2. The van der Waals surface area contributed by atoms with E-state index in [4.69, 9.17) is 20.2 Å². The van der Waals surface area contributed by atoms with E-state index < -0.39 is 11.8 Å². The number of amides is 3. The van der Waals surface area contributed by atoms with Crippen molar-refractivity contribution in [3.05, 3.63) is 89.1 Å². The molecule has 5 rings (SSSR count). The van der Waals surface area contributed by atoms with Gasteiger partial charge >= 0.3 is 0 Å². The molecule has 2 aromatic heterocycles. The quantitative estimate of drug-likeness (QED) is 0.126. The molecule has 0 spiro atoms. The maximum Gasteiger partial charge on any atom is 0.254 e. The molecule has 236 valence electrons. The second-order valence-electron chi connectivity index (χ2n) is 10.4. The standard InChI is InChI=1S/C34H34N6O6/c1-4-26-24(17-25(32(35)43)34(40-26)46-3)33(44)36-13-12-29(42)37-20-14-19(18-41)15-21(16-20)38-30-22-8-5-6-10-27(22)39-31-23(30)9-7-11-28(31)45-2/h5-11,14-17,41H,4,12-13,18H2,1-3H3,(H2,35,43)(H,36,44)(H,37,42)(H,38,39). The van der Waals surface area contributed by atoms with Gasteiger partial charge in [-0.3, -0.25) is 14.4 Å². The normalized spacial score (nSPS) is 10.9. The molecule has 12 heteroatoms. The summed E-state index contributed by atoms with van der Waals surface area (Å²) in [6.45, 7) is 1.59. The lowest BCUT2D eigenvalue weighted by Gasteiger charge is -2.16. The highest BCUT2D eigenvalue weighted by Crippen LogP contribution is 2.37. The van der Waals surface area contributed by atoms with Crippen LogP contribution in [-0.4, -0.2) is 53.6 Å². The van der Waals surface area contributed by atoms with Gasteiger partial charge in [-0.2, -0.15) is 0 Å². The van der Waals surface area contributed by atoms with Crippen molar-refractivity contribution in [2.24, 2.45) is 5.73 Å². The van der Waals surface area contributed by atoms with Gasteiger partial charge < -0.3 is 36.3 Å². The minimum atomic E-state index is -0.774. The van der Waals surface area contributed by atoms with Crippen molar-refractivity contribution in [1.29, 1.82) is 0 Å². The highest BCUT2D eigenvalue weighted by molar-refractivity contribution is 6.10. The van der Waals surface area contributed by atoms with Crippen LogP contribution in [0.25, 0.3) is 21.8 Å². The van der Waals surface area contributed by atoms with Crippen LogP contribution >= 0.6 is 0 Å². The molecule has 0 fully saturated rings. The minimum Gasteiger partial charge on any atom is -0.494 e. The van der Waals surface area contributed by atoms with E-state index in [0.29, 0.717) is 40.3 Å². The van der Waals surface area contributed by atoms with Crippen molar-refractivity contribution in [3.63, 3.8) is 0 Å². The van der Waals surface area contributed by atoms with Gasteiger partial charge in [0.2, 0.25) is 11.8 Å². The molecule has 6 N–H and O–H groups in total. The highest BCUT2D eigenvalue weighted by Gasteiger charge is 2.20. The molecule has 0 atom stereocenters. The number of fused-ring (bicyclic) bond motifs is 2. The van der Waals surface area contributed by atoms with E-state index in [-0.39, 0.29) is 42.5 Å². The number of benzene rings is 3. The molecule has 0 radical (unpaired) electrons. The van der Waals surface area contributed by atoms with Gasteiger partial charge in [-0.25, -0.2) is 9.97 Å². The Morgan fingerprint density at radius 3 is 2.37 bits per heavy atom. The third kappa shape index (κ3) is 6.66. The molecule has 3 amide bonds. The number of aryl methyl sites for hydroxylation is 1. The second-order valence-corrected chi connectivity index (χ2v) is 10.4. The number of aliphatic hydroxyl groups is 1. The number of ether oxygens (including phenoxy) is 2. The number of aliphatic hydroxyl groups excluding tert-OH is 1. The summed E-state index contributed by atoms with van der Waals surface area (Å²) in [4.78, 5) is 46.7. The van der Waals surface area contributed by atoms with Gasteiger partial charge in [0, 0.05) is 35.1 Å². The van der Waals surface area contributed by atoms with Gasteiger partial charge in [0.1, 0.15) is 16.8 Å². The highest BCUT2D eigenvalue weighted by atomic mass is 16.5. The smallest absolute Gasteiger partial charge is 0.254 e. The van der Waals surface area contributed by atoms with Crippen LogP contribution in [0.4, 0.5) is 17.1 Å². The Hall–Kier alpha value is -5.75. The zero-order valence-corrected chi connectivity index (χ0v) is 25.6. The fourth-order valence-corrected chi connectivity index (χ4v) is 5.20. The van der Waals surface area contributed by atoms with Crippen molar-refractivity contribution in [2.75, 3.05) is 31.4 Å². The zero-order chi connectivity index (χ0) is 32.8. The van der Waals surface area contributed by atoms with E-state index in [9.17, 15) is 19.5 Å². The van der Waals surface area contributed by atoms with Crippen molar-refractivity contribution >= 4 is 56.6 Å². The molecule has 3 aromatic carbocycles. The molecule has 0 aliphatic rings. The molecule has 0 aliphatic carbocycles. The molecular formula is C34H34N6O6. The number of anilines is 3. The molecule has 12 nitrogen and oxygen atoms in total. The minimum absolute atomic E-state index is 0.0114. The topological polar surface area (TPSA) is 178 Å². The molecule has 0 unspecified atom stereocenters. The number of nitrogens with two attached hydrogens (primary N) is 1. The van der Waals surface area contributed by atoms with Crippen LogP contribution in [0.15, 0.2) is 66.7 Å². The summed E-state index contributed by atoms with van der Waals surface area (Å²) in [6.07, 6.45) is 0.375. The summed E-state index contributed by atoms with van der Waals surface area (Å²) >= 11 is 0. The number of hydrogen-bond acceptors (Lipinski definition) is 9. The summed E-state index contributed by atoms with van der Waals surface area (Å²) in [7, 11) is 2.96. The second kappa shape index (κ2) is 13.9. The molecule has 0 saturated carbocycles. The summed E-state index contributed by atoms with van der Waals surface area (Å²) in [6, 6.07) is 20.0. The van der Waals surface area contributed by atoms with Crippen molar-refractivity contribution in [1.82, 2.24) is 15.3 Å². The van der Waals surface area contributed by atoms with Crippen LogP contribution < -0.4 is 31.2 Å². The van der Waals surface area contributed by atoms with Gasteiger partial charge in [0.05, 0.1) is 43.3 Å². The summed E-state index contributed by atoms with van der Waals surface area (Å²) in [5.74, 6) is -0.941. The molecule has 5 aromatic rings. The van der Waals surface area contributed by atoms with Crippen molar-refractivity contribution in [2.45, 2.75) is 26.4 Å². The fourth-order valence-electron chi connectivity index (χ4n) is 5.20. The van der Waals surface area contributed by atoms with Gasteiger partial charge in [-0.05, 0) is 48.4 Å². The largest absolute Gasteiger partial charge is 0.494 e. The van der Waals surface area contributed by atoms with Gasteiger partial charge in [0.15, 0.2) is 0 Å². The number of aromatic nitrogens is 2. The fraction of sp³-hybridized carbons (Fsp3) is 0.206. The number of primary amides is 1. The number of carbonyl (C=O) groups is 3. The van der Waals surface area contributed by atoms with E-state index in [0.717, 1.165) is 22.0 Å². The first-order valence-corrected chi connectivity index (χ1v) is 14.6. The Morgan fingerprint density at radius 2 is 1.65 bits per heavy atom. The zero-order valence-electron chi connectivity index (χ0n) is 25.6. The van der Waals surface area contributed by atoms with Crippen LogP contribution in [0.5, 0.6) is 11.6 Å². The predicted octanol–water partition coefficient (Wildman–Crippen LogP) is 4.46. The average Bonchev–Trinajstić information content (AvgIpc) is 3.06. The van der Waals surface area contributed by atoms with E-state index >= 15 is 0 Å². The molecule has 0 saturated heterocycles. The van der Waals surface area contributed by atoms with E-state index in [2.05, 4.69) is 20.9 Å². The lowest BCUT2D eigenvalue weighted by Crippen LogP contribution is -2.29. The maximum atomic E-state index is 12.9. The first-order chi connectivity index (χ1) is 22.3. The average molecular weight is 623 g/mol. The van der Waals surface area contributed by atoms with Crippen molar-refractivity contribution < 1.29 is 29.0 Å². The van der Waals surface area contributed by atoms with Crippen LogP contribution in [0.2, 0.25) is 0 Å². The van der Waals surface area contributed by atoms with E-state index in [1.54, 1.807) is 25.3 Å². The lowest BCUT2D eigenvalue weighted by molar-refractivity contribution is -0.116. The maximum absolute atomic E-state index is 12.9. The number of rotatable bonds is 12. The first-order valence-electron chi connectivity index (χ1n) is 14.6. The lowest BCUT2D eigenvalue weighted by atomic mass is 10.1. The monoisotopic (exact) mass is 622 g/mol. The number of nitrogens with one attached hydrogen (secondary N) is 3. The van der Waals surface area contributed by atoms with Crippen LogP contribution in [-0.2, 0) is 17.8 Å². The number of nitrogens with zero attached hydrogens (tertiary/aromatic N) is 2. The Morgan fingerprint density at radius 1 is 0.891 bits per heavy atom. The van der Waals surface area contributed by atoms with E-state index in [1.807, 2.05) is 49.4 Å². The Kier molecular flexibility index (Phi) is 9.58. The van der Waals surface area contributed by atoms with Crippen LogP contribution in [0, 0.1) is 0 Å². The molecular weight excluding hydrogens is 588 g/mol. The summed E-state index contributed by atoms with van der Waals surface area (Å²) in [5.41, 5.74) is 9.98. The van der Waals surface area contributed by atoms with Gasteiger partial charge in [-0.1, -0.05) is 37.3 Å². The Balaban J connectivity index is 1.33. The number of hydrogen-bond donors (Lipinski definition) is 5. The number of carbonyl (C=O) groups excluding carboxylic acids is 3. The SMILES string of the molecule is CCc1nc(OC)c(C(N)=O)cc1C(=O)NCCC(=O)Nc1cc(CO)cc(Nc2c3ccccc3nc3c(OC)cccc23)c1. The number of pyridine rings is 2. The Bertz CT molecular complexity index is 1960.